The minimum Gasteiger partial charge on any atom is -0.389 e. The zero-order chi connectivity index (χ0) is 15.2. The van der Waals surface area contributed by atoms with Crippen LogP contribution in [0.25, 0.3) is 0 Å². The summed E-state index contributed by atoms with van der Waals surface area (Å²) in [6.45, 7) is 4.66. The number of piperidine rings is 1. The van der Waals surface area contributed by atoms with Crippen LogP contribution in [0.2, 0.25) is 0 Å². The molecule has 1 aromatic carbocycles. The van der Waals surface area contributed by atoms with Crippen molar-refractivity contribution in [1.29, 1.82) is 0 Å². The second-order valence-electron chi connectivity index (χ2n) is 5.88. The molecule has 5 nitrogen and oxygen atoms in total. The minimum absolute atomic E-state index is 0.168. The van der Waals surface area contributed by atoms with Crippen molar-refractivity contribution in [2.45, 2.75) is 25.9 Å². The van der Waals surface area contributed by atoms with Gasteiger partial charge in [0.1, 0.15) is 0 Å². The Labute approximate surface area is 126 Å². The first-order valence-corrected chi connectivity index (χ1v) is 7.56. The first kappa shape index (κ1) is 15.8. The summed E-state index contributed by atoms with van der Waals surface area (Å²) in [6, 6.07) is 7.07. The summed E-state index contributed by atoms with van der Waals surface area (Å²) in [4.78, 5) is 14.2. The average Bonchev–Trinajstić information content (AvgIpc) is 2.47. The van der Waals surface area contributed by atoms with E-state index in [2.05, 4.69) is 22.6 Å². The number of rotatable bonds is 4. The summed E-state index contributed by atoms with van der Waals surface area (Å²) in [5, 5.41) is 15.2. The molecule has 0 aliphatic carbocycles. The molecule has 21 heavy (non-hydrogen) atoms. The molecule has 3 N–H and O–H groups in total. The zero-order valence-electron chi connectivity index (χ0n) is 12.8. The molecule has 1 aliphatic heterocycles. The number of urea groups is 1. The lowest BCUT2D eigenvalue weighted by molar-refractivity contribution is 0.199. The van der Waals surface area contributed by atoms with Gasteiger partial charge in [-0.1, -0.05) is 12.1 Å². The van der Waals surface area contributed by atoms with Crippen LogP contribution in [0.1, 0.15) is 31.4 Å². The average molecular weight is 291 g/mol. The van der Waals surface area contributed by atoms with Crippen molar-refractivity contribution in [3.8, 4) is 0 Å². The minimum atomic E-state index is -0.489. The molecular weight excluding hydrogens is 266 g/mol. The van der Waals surface area contributed by atoms with Crippen LogP contribution in [0, 0.1) is 5.92 Å². The predicted octanol–water partition coefficient (Wildman–Crippen LogP) is 2.20. The van der Waals surface area contributed by atoms with Crippen molar-refractivity contribution in [2.24, 2.45) is 5.92 Å². The van der Waals surface area contributed by atoms with E-state index in [1.54, 1.807) is 19.1 Å². The largest absolute Gasteiger partial charge is 0.389 e. The summed E-state index contributed by atoms with van der Waals surface area (Å²) in [7, 11) is 2.13. The van der Waals surface area contributed by atoms with Gasteiger partial charge in [-0.15, -0.1) is 0 Å². The molecule has 1 fully saturated rings. The second kappa shape index (κ2) is 7.43. The maximum atomic E-state index is 11.9. The third kappa shape index (κ3) is 5.02. The summed E-state index contributed by atoms with van der Waals surface area (Å²) in [5.41, 5.74) is 1.58. The molecular formula is C16H25N3O2. The quantitative estimate of drug-likeness (QED) is 0.797. The van der Waals surface area contributed by atoms with E-state index in [1.807, 2.05) is 12.1 Å². The highest BCUT2D eigenvalue weighted by atomic mass is 16.3. The molecule has 1 saturated heterocycles. The molecule has 0 saturated carbocycles. The number of benzene rings is 1. The number of carbonyl (C=O) groups is 1. The maximum absolute atomic E-state index is 11.9. The molecule has 2 amide bonds. The third-order valence-electron chi connectivity index (χ3n) is 4.04. The summed E-state index contributed by atoms with van der Waals surface area (Å²) >= 11 is 0. The molecule has 0 spiro atoms. The first-order valence-electron chi connectivity index (χ1n) is 7.56. The van der Waals surface area contributed by atoms with Crippen LogP contribution >= 0.6 is 0 Å². The lowest BCUT2D eigenvalue weighted by atomic mass is 9.97. The molecule has 1 atom stereocenters. The molecule has 1 heterocycles. The van der Waals surface area contributed by atoms with Crippen molar-refractivity contribution in [3.63, 3.8) is 0 Å². The topological polar surface area (TPSA) is 64.6 Å². The predicted molar refractivity (Wildman–Crippen MR) is 84.3 cm³/mol. The monoisotopic (exact) mass is 291 g/mol. The summed E-state index contributed by atoms with van der Waals surface area (Å²) < 4.78 is 0. The highest BCUT2D eigenvalue weighted by Crippen LogP contribution is 2.16. The van der Waals surface area contributed by atoms with E-state index in [-0.39, 0.29) is 6.03 Å². The van der Waals surface area contributed by atoms with Crippen molar-refractivity contribution in [3.05, 3.63) is 29.8 Å². The SMILES string of the molecule is CC(O)c1ccc(NC(=O)NCC2CCN(C)CC2)cc1. The van der Waals surface area contributed by atoms with Crippen molar-refractivity contribution in [1.82, 2.24) is 10.2 Å². The molecule has 5 heteroatoms. The van der Waals surface area contributed by atoms with Gasteiger partial charge in [0.25, 0.3) is 0 Å². The van der Waals surface area contributed by atoms with Gasteiger partial charge >= 0.3 is 6.03 Å². The van der Waals surface area contributed by atoms with Gasteiger partial charge in [0.2, 0.25) is 0 Å². The number of aliphatic hydroxyl groups excluding tert-OH is 1. The number of aliphatic hydroxyl groups is 1. The van der Waals surface area contributed by atoms with E-state index in [0.717, 1.165) is 43.7 Å². The number of nitrogens with zero attached hydrogens (tertiary/aromatic N) is 1. The second-order valence-corrected chi connectivity index (χ2v) is 5.88. The lowest BCUT2D eigenvalue weighted by Gasteiger charge is -2.28. The van der Waals surface area contributed by atoms with Gasteiger partial charge in [-0.25, -0.2) is 4.79 Å². The maximum Gasteiger partial charge on any atom is 0.319 e. The van der Waals surface area contributed by atoms with Crippen LogP contribution in [-0.2, 0) is 0 Å². The van der Waals surface area contributed by atoms with Crippen molar-refractivity contribution >= 4 is 11.7 Å². The molecule has 0 radical (unpaired) electrons. The zero-order valence-corrected chi connectivity index (χ0v) is 12.8. The fourth-order valence-electron chi connectivity index (χ4n) is 2.52. The highest BCUT2D eigenvalue weighted by Gasteiger charge is 2.17. The van der Waals surface area contributed by atoms with Gasteiger partial charge < -0.3 is 20.6 Å². The highest BCUT2D eigenvalue weighted by molar-refractivity contribution is 5.89. The Bertz CT molecular complexity index is 451. The molecule has 1 unspecified atom stereocenters. The van der Waals surface area contributed by atoms with Gasteiger partial charge in [0, 0.05) is 12.2 Å². The number of hydrogen-bond donors (Lipinski definition) is 3. The fraction of sp³-hybridized carbons (Fsp3) is 0.562. The molecule has 0 bridgehead atoms. The first-order chi connectivity index (χ1) is 10.0. The number of hydrogen-bond acceptors (Lipinski definition) is 3. The fourth-order valence-corrected chi connectivity index (χ4v) is 2.52. The number of amides is 2. The third-order valence-corrected chi connectivity index (χ3v) is 4.04. The molecule has 2 rings (SSSR count). The normalized spacial score (nSPS) is 18.2. The van der Waals surface area contributed by atoms with E-state index in [1.165, 1.54) is 0 Å². The Kier molecular flexibility index (Phi) is 5.59. The van der Waals surface area contributed by atoms with Gasteiger partial charge in [0.05, 0.1) is 6.10 Å². The van der Waals surface area contributed by atoms with E-state index >= 15 is 0 Å². The molecule has 1 aromatic rings. The lowest BCUT2D eigenvalue weighted by Crippen LogP contribution is -2.38. The van der Waals surface area contributed by atoms with Gasteiger partial charge in [0.15, 0.2) is 0 Å². The van der Waals surface area contributed by atoms with E-state index in [9.17, 15) is 9.90 Å². The Balaban J connectivity index is 1.74. The van der Waals surface area contributed by atoms with Crippen LogP contribution in [0.5, 0.6) is 0 Å². The van der Waals surface area contributed by atoms with Gasteiger partial charge in [-0.3, -0.25) is 0 Å². The van der Waals surface area contributed by atoms with Crippen molar-refractivity contribution in [2.75, 3.05) is 32.0 Å². The summed E-state index contributed by atoms with van der Waals surface area (Å²) in [6.07, 6.45) is 1.79. The Hall–Kier alpha value is -1.59. The molecule has 116 valence electrons. The molecule has 1 aliphatic rings. The Morgan fingerprint density at radius 1 is 1.33 bits per heavy atom. The number of anilines is 1. The Morgan fingerprint density at radius 2 is 1.95 bits per heavy atom. The van der Waals surface area contributed by atoms with Crippen LogP contribution in [0.3, 0.4) is 0 Å². The summed E-state index contributed by atoms with van der Waals surface area (Å²) in [5.74, 6) is 0.574. The van der Waals surface area contributed by atoms with Crippen molar-refractivity contribution < 1.29 is 9.90 Å². The van der Waals surface area contributed by atoms with E-state index in [4.69, 9.17) is 0 Å². The number of carbonyl (C=O) groups excluding carboxylic acids is 1. The van der Waals surface area contributed by atoms with Crippen LogP contribution in [0.4, 0.5) is 10.5 Å². The Morgan fingerprint density at radius 3 is 2.52 bits per heavy atom. The van der Waals surface area contributed by atoms with Crippen LogP contribution < -0.4 is 10.6 Å². The molecule has 0 aromatic heterocycles. The van der Waals surface area contributed by atoms with E-state index < -0.39 is 6.10 Å². The number of likely N-dealkylation sites (tertiary alicyclic amines) is 1. The van der Waals surface area contributed by atoms with E-state index in [0.29, 0.717) is 5.92 Å². The van der Waals surface area contributed by atoms with Crippen LogP contribution in [0.15, 0.2) is 24.3 Å². The van der Waals surface area contributed by atoms with Gasteiger partial charge in [-0.2, -0.15) is 0 Å². The number of nitrogens with one attached hydrogen (secondary N) is 2. The standard InChI is InChI=1S/C16H25N3O2/c1-12(20)14-3-5-15(6-4-14)18-16(21)17-11-13-7-9-19(2)10-8-13/h3-6,12-13,20H,7-11H2,1-2H3,(H2,17,18,21). The van der Waals surface area contributed by atoms with Crippen LogP contribution in [-0.4, -0.2) is 42.7 Å². The van der Waals surface area contributed by atoms with Gasteiger partial charge in [-0.05, 0) is 63.5 Å². The smallest absolute Gasteiger partial charge is 0.319 e.